The molecule has 33 heavy (non-hydrogen) atoms. The number of halogens is 3. The fraction of sp³-hybridized carbons (Fsp3) is 0.571. The second-order valence-electron chi connectivity index (χ2n) is 9.23. The summed E-state index contributed by atoms with van der Waals surface area (Å²) in [5.74, 6) is -0.268. The molecule has 3 fully saturated rings. The zero-order chi connectivity index (χ0) is 22.8. The van der Waals surface area contributed by atoms with Crippen LogP contribution in [0.25, 0.3) is 11.2 Å². The molecule has 12 heteroatoms. The Balaban J connectivity index is 1.17. The minimum Gasteiger partial charge on any atom is -0.379 e. The normalized spacial score (nSPS) is 22.5. The molecule has 0 radical (unpaired) electrons. The van der Waals surface area contributed by atoms with Crippen LogP contribution < -0.4 is 9.80 Å². The summed E-state index contributed by atoms with van der Waals surface area (Å²) in [5.41, 5.74) is 2.63. The van der Waals surface area contributed by atoms with Crippen LogP contribution in [0.4, 0.5) is 24.7 Å². The maximum absolute atomic E-state index is 12.9. The highest BCUT2D eigenvalue weighted by Crippen LogP contribution is 2.43. The van der Waals surface area contributed by atoms with Crippen LogP contribution in [0.2, 0.25) is 0 Å². The van der Waals surface area contributed by atoms with E-state index in [1.54, 1.807) is 19.3 Å². The standard InChI is InChI=1S/C21H23F3N8O/c1-13-16(7-26-19(28-13)21(22,23)24)31-11-20(12-31)3-4-30(10-20)17-8-25-15-6-27-32(18(15)29-17)14-2-5-33-9-14/h6-8,14H,2-5,9-12H2,1H3/t14-/m1/s1. The van der Waals surface area contributed by atoms with Gasteiger partial charge in [-0.15, -0.1) is 0 Å². The van der Waals surface area contributed by atoms with Crippen molar-refractivity contribution in [3.05, 3.63) is 30.1 Å². The van der Waals surface area contributed by atoms with Gasteiger partial charge < -0.3 is 14.5 Å². The molecular weight excluding hydrogens is 437 g/mol. The van der Waals surface area contributed by atoms with Gasteiger partial charge in [0.25, 0.3) is 0 Å². The maximum Gasteiger partial charge on any atom is 0.451 e. The molecule has 3 aromatic heterocycles. The third kappa shape index (κ3) is 3.47. The Morgan fingerprint density at radius 3 is 2.61 bits per heavy atom. The number of fused-ring (bicyclic) bond motifs is 1. The van der Waals surface area contributed by atoms with Crippen molar-refractivity contribution in [2.45, 2.75) is 32.0 Å². The van der Waals surface area contributed by atoms with Crippen molar-refractivity contribution >= 4 is 22.7 Å². The van der Waals surface area contributed by atoms with Crippen LogP contribution in [0.15, 0.2) is 18.6 Å². The van der Waals surface area contributed by atoms with Gasteiger partial charge in [0.15, 0.2) is 5.65 Å². The minimum atomic E-state index is -4.53. The molecule has 0 saturated carbocycles. The molecule has 3 aliphatic rings. The summed E-state index contributed by atoms with van der Waals surface area (Å²) >= 11 is 0. The van der Waals surface area contributed by atoms with Crippen molar-refractivity contribution in [3.8, 4) is 0 Å². The molecule has 0 bridgehead atoms. The van der Waals surface area contributed by atoms with Crippen LogP contribution in [0.1, 0.15) is 30.4 Å². The van der Waals surface area contributed by atoms with Gasteiger partial charge in [0, 0.05) is 38.2 Å². The van der Waals surface area contributed by atoms with Gasteiger partial charge >= 0.3 is 6.18 Å². The lowest BCUT2D eigenvalue weighted by molar-refractivity contribution is -0.145. The first-order valence-corrected chi connectivity index (χ1v) is 11.0. The van der Waals surface area contributed by atoms with E-state index in [9.17, 15) is 13.2 Å². The summed E-state index contributed by atoms with van der Waals surface area (Å²) in [6.45, 7) is 6.16. The van der Waals surface area contributed by atoms with Crippen molar-refractivity contribution in [1.29, 1.82) is 0 Å². The van der Waals surface area contributed by atoms with Gasteiger partial charge in [0.05, 0.1) is 42.6 Å². The quantitative estimate of drug-likeness (QED) is 0.590. The van der Waals surface area contributed by atoms with Crippen molar-refractivity contribution in [2.24, 2.45) is 5.41 Å². The number of rotatable bonds is 3. The Hall–Kier alpha value is -3.02. The predicted octanol–water partition coefficient (Wildman–Crippen LogP) is 2.62. The SMILES string of the molecule is Cc1nc(C(F)(F)F)ncc1N1CC2(CCN(c3cnc4cnn([C@@H]5CCOC5)c4n3)C2)C1. The second-order valence-corrected chi connectivity index (χ2v) is 9.23. The Morgan fingerprint density at radius 2 is 1.88 bits per heavy atom. The van der Waals surface area contributed by atoms with E-state index >= 15 is 0 Å². The van der Waals surface area contributed by atoms with Crippen LogP contribution in [-0.4, -0.2) is 69.1 Å². The van der Waals surface area contributed by atoms with Crippen LogP contribution in [0.3, 0.4) is 0 Å². The number of anilines is 2. The monoisotopic (exact) mass is 460 g/mol. The van der Waals surface area contributed by atoms with E-state index in [0.29, 0.717) is 18.0 Å². The number of hydrogen-bond acceptors (Lipinski definition) is 8. The van der Waals surface area contributed by atoms with Crippen molar-refractivity contribution < 1.29 is 17.9 Å². The Bertz CT molecular complexity index is 1200. The van der Waals surface area contributed by atoms with Gasteiger partial charge in [0.2, 0.25) is 5.82 Å². The lowest BCUT2D eigenvalue weighted by Gasteiger charge is -2.49. The molecule has 6 rings (SSSR count). The van der Waals surface area contributed by atoms with Gasteiger partial charge in [-0.3, -0.25) is 0 Å². The van der Waals surface area contributed by atoms with Crippen LogP contribution in [0, 0.1) is 12.3 Å². The summed E-state index contributed by atoms with van der Waals surface area (Å²) in [7, 11) is 0. The molecule has 0 amide bonds. The van der Waals surface area contributed by atoms with Crippen molar-refractivity contribution in [1.82, 2.24) is 29.7 Å². The first-order chi connectivity index (χ1) is 15.8. The average molecular weight is 460 g/mol. The Labute approximate surface area is 187 Å². The van der Waals surface area contributed by atoms with E-state index in [1.807, 2.05) is 4.68 Å². The van der Waals surface area contributed by atoms with Crippen molar-refractivity contribution in [3.63, 3.8) is 0 Å². The van der Waals surface area contributed by atoms with Crippen molar-refractivity contribution in [2.75, 3.05) is 49.2 Å². The van der Waals surface area contributed by atoms with E-state index in [2.05, 4.69) is 29.9 Å². The molecule has 3 aromatic rings. The first kappa shape index (κ1) is 20.6. The molecule has 6 heterocycles. The lowest BCUT2D eigenvalue weighted by atomic mass is 9.78. The number of aromatic nitrogens is 6. The zero-order valence-electron chi connectivity index (χ0n) is 18.1. The highest BCUT2D eigenvalue weighted by Gasteiger charge is 2.49. The fourth-order valence-corrected chi connectivity index (χ4v) is 5.18. The number of alkyl halides is 3. The third-order valence-corrected chi connectivity index (χ3v) is 6.90. The van der Waals surface area contributed by atoms with Crippen LogP contribution >= 0.6 is 0 Å². The summed E-state index contributed by atoms with van der Waals surface area (Å²) in [5, 5.41) is 4.48. The average Bonchev–Trinajstić information content (AvgIpc) is 3.50. The molecule has 0 aliphatic carbocycles. The lowest BCUT2D eigenvalue weighted by Crippen LogP contribution is -2.58. The van der Waals surface area contributed by atoms with Gasteiger partial charge in [-0.25, -0.2) is 24.6 Å². The van der Waals surface area contributed by atoms with Gasteiger partial charge in [-0.05, 0) is 19.8 Å². The number of ether oxygens (including phenoxy) is 1. The highest BCUT2D eigenvalue weighted by atomic mass is 19.4. The molecular formula is C21H23F3N8O. The van der Waals surface area contributed by atoms with Gasteiger partial charge in [-0.1, -0.05) is 0 Å². The summed E-state index contributed by atoms with van der Waals surface area (Å²) < 4.78 is 46.0. The molecule has 174 valence electrons. The number of aryl methyl sites for hydroxylation is 1. The van der Waals surface area contributed by atoms with Crippen LogP contribution in [-0.2, 0) is 10.9 Å². The summed E-state index contributed by atoms with van der Waals surface area (Å²) in [6.07, 6.45) is 2.20. The Morgan fingerprint density at radius 1 is 1.06 bits per heavy atom. The smallest absolute Gasteiger partial charge is 0.379 e. The molecule has 0 unspecified atom stereocenters. The predicted molar refractivity (Wildman–Crippen MR) is 113 cm³/mol. The Kier molecular flexibility index (Phi) is 4.51. The highest BCUT2D eigenvalue weighted by molar-refractivity contribution is 5.71. The fourth-order valence-electron chi connectivity index (χ4n) is 5.18. The van der Waals surface area contributed by atoms with Gasteiger partial charge in [-0.2, -0.15) is 18.3 Å². The molecule has 1 spiro atoms. The third-order valence-electron chi connectivity index (χ3n) is 6.90. The van der Waals surface area contributed by atoms with E-state index < -0.39 is 12.0 Å². The molecule has 3 saturated heterocycles. The molecule has 9 nitrogen and oxygen atoms in total. The molecule has 3 aliphatic heterocycles. The van der Waals surface area contributed by atoms with E-state index in [4.69, 9.17) is 9.72 Å². The maximum atomic E-state index is 12.9. The largest absolute Gasteiger partial charge is 0.451 e. The summed E-state index contributed by atoms with van der Waals surface area (Å²) in [6, 6.07) is 0.186. The molecule has 0 aromatic carbocycles. The van der Waals surface area contributed by atoms with E-state index in [-0.39, 0.29) is 11.5 Å². The van der Waals surface area contributed by atoms with Crippen LogP contribution in [0.5, 0.6) is 0 Å². The minimum absolute atomic E-state index is 0.0747. The second kappa shape index (κ2) is 7.24. The topological polar surface area (TPSA) is 85.1 Å². The molecule has 0 N–H and O–H groups in total. The first-order valence-electron chi connectivity index (χ1n) is 11.0. The zero-order valence-corrected chi connectivity index (χ0v) is 18.1. The van der Waals surface area contributed by atoms with E-state index in [1.165, 1.54) is 6.20 Å². The molecule has 1 atom stereocenters. The van der Waals surface area contributed by atoms with E-state index in [0.717, 1.165) is 62.6 Å². The summed E-state index contributed by atoms with van der Waals surface area (Å²) in [4.78, 5) is 20.9. The van der Waals surface area contributed by atoms with Gasteiger partial charge in [0.1, 0.15) is 11.3 Å². The number of nitrogens with zero attached hydrogens (tertiary/aromatic N) is 8. The number of hydrogen-bond donors (Lipinski definition) is 0.